The largest absolute Gasteiger partial charge is 0.340 e. The van der Waals surface area contributed by atoms with Crippen molar-refractivity contribution in [3.05, 3.63) is 18.2 Å². The molecule has 1 N–H and O–H groups in total. The smallest absolute Gasteiger partial charge is 0.0946 e. The number of hydrogen-bond donors (Lipinski definition) is 1. The van der Waals surface area contributed by atoms with E-state index in [1.807, 2.05) is 31.2 Å². The minimum atomic E-state index is 0. The maximum absolute atomic E-state index is 4.18. The van der Waals surface area contributed by atoms with Crippen molar-refractivity contribution in [2.75, 3.05) is 13.6 Å². The molecule has 0 unspecified atom stereocenters. The molecule has 0 aliphatic rings. The molecule has 0 aliphatic carbocycles. The normalized spacial score (nSPS) is 9.27. The molecule has 0 bridgehead atoms. The molecule has 0 fully saturated rings. The van der Waals surface area contributed by atoms with Crippen molar-refractivity contribution in [1.82, 2.24) is 14.9 Å². The molecule has 0 saturated carbocycles. The summed E-state index contributed by atoms with van der Waals surface area (Å²) in [7, 11) is 3.93. The van der Waals surface area contributed by atoms with E-state index in [9.17, 15) is 0 Å². The van der Waals surface area contributed by atoms with Gasteiger partial charge in [0.25, 0.3) is 0 Å². The van der Waals surface area contributed by atoms with E-state index in [1.54, 1.807) is 0 Å². The summed E-state index contributed by atoms with van der Waals surface area (Å²) in [6.45, 7) is 0.997. The Morgan fingerprint density at radius 3 is 2.82 bits per heavy atom. The van der Waals surface area contributed by atoms with Crippen molar-refractivity contribution in [3.8, 4) is 0 Å². The first-order valence-corrected chi connectivity index (χ1v) is 3.44. The van der Waals surface area contributed by atoms with E-state index in [0.29, 0.717) is 0 Å². The molecule has 0 aromatic carbocycles. The lowest BCUT2D eigenvalue weighted by Crippen LogP contribution is -2.10. The fraction of sp³-hybridized carbons (Fsp3) is 0.625. The summed E-state index contributed by atoms with van der Waals surface area (Å²) in [5, 5.41) is 3.08. The van der Waals surface area contributed by atoms with Crippen LogP contribution in [0.3, 0.4) is 0 Å². The van der Waals surface area contributed by atoms with E-state index >= 15 is 0 Å². The molecule has 0 aliphatic heterocycles. The predicted molar refractivity (Wildman–Crippen MR) is 47.6 cm³/mol. The van der Waals surface area contributed by atoms with Crippen LogP contribution in [0.5, 0.6) is 0 Å². The Kier molecular flexibility index (Phi) is 4.54. The van der Waals surface area contributed by atoms with Crippen LogP contribution in [-0.2, 0) is 13.5 Å². The van der Waals surface area contributed by atoms with Crippen LogP contribution in [0.25, 0.3) is 0 Å². The molecule has 0 atom stereocenters. The lowest BCUT2D eigenvalue weighted by molar-refractivity contribution is 0.779. The summed E-state index contributed by atoms with van der Waals surface area (Å²) in [6.07, 6.45) is 4.87. The van der Waals surface area contributed by atoms with Crippen molar-refractivity contribution in [2.45, 2.75) is 13.8 Å². The monoisotopic (exact) mass is 155 g/mol. The van der Waals surface area contributed by atoms with E-state index in [0.717, 1.165) is 18.7 Å². The van der Waals surface area contributed by atoms with Gasteiger partial charge in [0.2, 0.25) is 0 Å². The first-order chi connectivity index (χ1) is 4.83. The fourth-order valence-corrected chi connectivity index (χ4v) is 0.849. The second-order valence-corrected chi connectivity index (χ2v) is 2.38. The van der Waals surface area contributed by atoms with E-state index in [-0.39, 0.29) is 7.43 Å². The number of likely N-dealkylation sites (N-methyl/N-ethyl adjacent to an activating group) is 1. The Balaban J connectivity index is 0.000001000. The molecule has 3 nitrogen and oxygen atoms in total. The summed E-state index contributed by atoms with van der Waals surface area (Å²) in [6, 6.07) is 0. The number of aryl methyl sites for hydroxylation is 1. The van der Waals surface area contributed by atoms with Crippen LogP contribution < -0.4 is 5.32 Å². The first-order valence-electron chi connectivity index (χ1n) is 3.44. The van der Waals surface area contributed by atoms with Gasteiger partial charge in [-0.1, -0.05) is 7.43 Å². The van der Waals surface area contributed by atoms with Crippen molar-refractivity contribution in [2.24, 2.45) is 7.05 Å². The standard InChI is InChI=1S/C7H13N3.CH4/c1-8-4-3-7-5-10(2)6-9-7;/h5-6,8H,3-4H2,1-2H3;1H4. The van der Waals surface area contributed by atoms with Crippen LogP contribution in [0, 0.1) is 0 Å². The number of rotatable bonds is 3. The zero-order chi connectivity index (χ0) is 7.40. The number of imidazole rings is 1. The zero-order valence-electron chi connectivity index (χ0n) is 6.46. The van der Waals surface area contributed by atoms with Gasteiger partial charge < -0.3 is 9.88 Å². The Morgan fingerprint density at radius 2 is 2.36 bits per heavy atom. The Bertz CT molecular complexity index is 193. The minimum Gasteiger partial charge on any atom is -0.340 e. The minimum absolute atomic E-state index is 0. The molecular formula is C8H17N3. The first kappa shape index (κ1) is 10.2. The van der Waals surface area contributed by atoms with Gasteiger partial charge in [-0.15, -0.1) is 0 Å². The zero-order valence-corrected chi connectivity index (χ0v) is 6.46. The van der Waals surface area contributed by atoms with Crippen LogP contribution in [0.4, 0.5) is 0 Å². The molecule has 11 heavy (non-hydrogen) atoms. The Hall–Kier alpha value is -0.830. The van der Waals surface area contributed by atoms with E-state index in [2.05, 4.69) is 10.3 Å². The number of nitrogens with one attached hydrogen (secondary N) is 1. The van der Waals surface area contributed by atoms with E-state index in [1.165, 1.54) is 0 Å². The van der Waals surface area contributed by atoms with Gasteiger partial charge in [0.05, 0.1) is 12.0 Å². The highest BCUT2D eigenvalue weighted by Crippen LogP contribution is 1.93. The van der Waals surface area contributed by atoms with Gasteiger partial charge in [-0.05, 0) is 7.05 Å². The summed E-state index contributed by atoms with van der Waals surface area (Å²) in [4.78, 5) is 4.18. The Labute approximate surface area is 68.5 Å². The predicted octanol–water partition coefficient (Wildman–Crippen LogP) is 0.818. The van der Waals surface area contributed by atoms with Crippen molar-refractivity contribution in [3.63, 3.8) is 0 Å². The van der Waals surface area contributed by atoms with Crippen LogP contribution in [0.1, 0.15) is 13.1 Å². The highest BCUT2D eigenvalue weighted by Gasteiger charge is 1.93. The molecule has 0 saturated heterocycles. The lowest BCUT2D eigenvalue weighted by Gasteiger charge is -1.92. The highest BCUT2D eigenvalue weighted by atomic mass is 15.0. The molecule has 1 aromatic rings. The molecule has 0 amide bonds. The van der Waals surface area contributed by atoms with Crippen LogP contribution in [-0.4, -0.2) is 23.1 Å². The summed E-state index contributed by atoms with van der Waals surface area (Å²) in [5.74, 6) is 0. The van der Waals surface area contributed by atoms with Crippen molar-refractivity contribution < 1.29 is 0 Å². The second kappa shape index (κ2) is 4.91. The molecule has 0 radical (unpaired) electrons. The molecule has 3 heteroatoms. The highest BCUT2D eigenvalue weighted by molar-refractivity contribution is 4.96. The summed E-state index contributed by atoms with van der Waals surface area (Å²) in [5.41, 5.74) is 1.15. The molecular weight excluding hydrogens is 138 g/mol. The van der Waals surface area contributed by atoms with Gasteiger partial charge in [-0.25, -0.2) is 4.98 Å². The van der Waals surface area contributed by atoms with Crippen LogP contribution in [0.2, 0.25) is 0 Å². The van der Waals surface area contributed by atoms with Crippen molar-refractivity contribution in [1.29, 1.82) is 0 Å². The van der Waals surface area contributed by atoms with Crippen molar-refractivity contribution >= 4 is 0 Å². The fourth-order valence-electron chi connectivity index (χ4n) is 0.849. The SMILES string of the molecule is C.CNCCc1cn(C)cn1. The third-order valence-corrected chi connectivity index (χ3v) is 1.39. The second-order valence-electron chi connectivity index (χ2n) is 2.38. The molecule has 64 valence electrons. The molecule has 1 heterocycles. The number of hydrogen-bond acceptors (Lipinski definition) is 2. The van der Waals surface area contributed by atoms with Gasteiger partial charge in [0.1, 0.15) is 0 Å². The average molecular weight is 155 g/mol. The number of nitrogens with zero attached hydrogens (tertiary/aromatic N) is 2. The van der Waals surface area contributed by atoms with Gasteiger partial charge in [-0.3, -0.25) is 0 Å². The lowest BCUT2D eigenvalue weighted by atomic mass is 10.3. The molecule has 0 spiro atoms. The van der Waals surface area contributed by atoms with Gasteiger partial charge in [-0.2, -0.15) is 0 Å². The summed E-state index contributed by atoms with van der Waals surface area (Å²) < 4.78 is 1.96. The van der Waals surface area contributed by atoms with Gasteiger partial charge in [0.15, 0.2) is 0 Å². The average Bonchev–Trinajstić information content (AvgIpc) is 2.31. The number of aromatic nitrogens is 2. The van der Waals surface area contributed by atoms with Gasteiger partial charge >= 0.3 is 0 Å². The van der Waals surface area contributed by atoms with Crippen LogP contribution in [0.15, 0.2) is 12.5 Å². The quantitative estimate of drug-likeness (QED) is 0.700. The maximum atomic E-state index is 4.18. The molecule has 1 aromatic heterocycles. The van der Waals surface area contributed by atoms with Crippen LogP contribution >= 0.6 is 0 Å². The Morgan fingerprint density at radius 1 is 1.64 bits per heavy atom. The van der Waals surface area contributed by atoms with Gasteiger partial charge in [0, 0.05) is 26.2 Å². The third-order valence-electron chi connectivity index (χ3n) is 1.39. The topological polar surface area (TPSA) is 29.9 Å². The summed E-state index contributed by atoms with van der Waals surface area (Å²) >= 11 is 0. The molecule has 1 rings (SSSR count). The van der Waals surface area contributed by atoms with E-state index < -0.39 is 0 Å². The third kappa shape index (κ3) is 3.18. The maximum Gasteiger partial charge on any atom is 0.0946 e. The van der Waals surface area contributed by atoms with E-state index in [4.69, 9.17) is 0 Å².